The SMILES string of the molecule is O=c1ccc(CNCCCN2CCCC2)n[nH]1. The fourth-order valence-electron chi connectivity index (χ4n) is 2.12. The minimum atomic E-state index is -0.150. The third-order valence-corrected chi connectivity index (χ3v) is 3.07. The zero-order valence-electron chi connectivity index (χ0n) is 10.1. The minimum Gasteiger partial charge on any atom is -0.311 e. The summed E-state index contributed by atoms with van der Waals surface area (Å²) in [6.07, 6.45) is 3.88. The Balaban J connectivity index is 1.56. The van der Waals surface area contributed by atoms with Gasteiger partial charge < -0.3 is 10.2 Å². The number of aromatic nitrogens is 2. The smallest absolute Gasteiger partial charge is 0.264 e. The van der Waals surface area contributed by atoms with E-state index in [4.69, 9.17) is 0 Å². The second-order valence-electron chi connectivity index (χ2n) is 4.49. The maximum Gasteiger partial charge on any atom is 0.264 e. The molecule has 1 aliphatic heterocycles. The molecule has 0 radical (unpaired) electrons. The van der Waals surface area contributed by atoms with Gasteiger partial charge in [0.25, 0.3) is 5.56 Å². The van der Waals surface area contributed by atoms with E-state index in [0.29, 0.717) is 0 Å². The molecular weight excluding hydrogens is 216 g/mol. The van der Waals surface area contributed by atoms with Gasteiger partial charge in [-0.3, -0.25) is 4.79 Å². The van der Waals surface area contributed by atoms with E-state index < -0.39 is 0 Å². The molecule has 1 fully saturated rings. The van der Waals surface area contributed by atoms with Crippen LogP contribution in [0.3, 0.4) is 0 Å². The highest BCUT2D eigenvalue weighted by Gasteiger charge is 2.09. The summed E-state index contributed by atoms with van der Waals surface area (Å²) in [6.45, 7) is 5.43. The van der Waals surface area contributed by atoms with Crippen LogP contribution in [0.25, 0.3) is 0 Å². The Labute approximate surface area is 101 Å². The Morgan fingerprint density at radius 3 is 2.88 bits per heavy atom. The molecule has 2 rings (SSSR count). The van der Waals surface area contributed by atoms with Gasteiger partial charge in [0.2, 0.25) is 0 Å². The molecular formula is C12H20N4O. The van der Waals surface area contributed by atoms with Crippen molar-refractivity contribution >= 4 is 0 Å². The Bertz CT molecular complexity index is 364. The van der Waals surface area contributed by atoms with Crippen LogP contribution in [-0.2, 0) is 6.54 Å². The maximum absolute atomic E-state index is 10.8. The molecule has 1 aromatic rings. The number of aromatic amines is 1. The van der Waals surface area contributed by atoms with E-state index in [2.05, 4.69) is 20.4 Å². The molecule has 2 heterocycles. The minimum absolute atomic E-state index is 0.150. The lowest BCUT2D eigenvalue weighted by Crippen LogP contribution is -2.25. The molecule has 1 aromatic heterocycles. The molecule has 2 N–H and O–H groups in total. The molecule has 94 valence electrons. The van der Waals surface area contributed by atoms with Crippen LogP contribution in [0.15, 0.2) is 16.9 Å². The molecule has 1 aliphatic rings. The van der Waals surface area contributed by atoms with Crippen LogP contribution < -0.4 is 10.9 Å². The van der Waals surface area contributed by atoms with Gasteiger partial charge in [0.05, 0.1) is 5.69 Å². The number of hydrogen-bond donors (Lipinski definition) is 2. The Kier molecular flexibility index (Phi) is 4.70. The van der Waals surface area contributed by atoms with Crippen molar-refractivity contribution in [1.29, 1.82) is 0 Å². The summed E-state index contributed by atoms with van der Waals surface area (Å²) in [5.74, 6) is 0. The molecule has 0 saturated carbocycles. The number of H-pyrrole nitrogens is 1. The second kappa shape index (κ2) is 6.51. The first-order valence-corrected chi connectivity index (χ1v) is 6.32. The predicted molar refractivity (Wildman–Crippen MR) is 66.9 cm³/mol. The summed E-state index contributed by atoms with van der Waals surface area (Å²) in [6, 6.07) is 3.26. The molecule has 0 spiro atoms. The molecule has 0 bridgehead atoms. The lowest BCUT2D eigenvalue weighted by Gasteiger charge is -2.14. The lowest BCUT2D eigenvalue weighted by atomic mass is 10.3. The predicted octanol–water partition coefficient (Wildman–Crippen LogP) is 0.345. The van der Waals surface area contributed by atoms with Gasteiger partial charge in [-0.25, -0.2) is 5.10 Å². The van der Waals surface area contributed by atoms with Gasteiger partial charge in [0.1, 0.15) is 0 Å². The van der Waals surface area contributed by atoms with E-state index in [1.54, 1.807) is 6.07 Å². The van der Waals surface area contributed by atoms with Crippen molar-refractivity contribution in [2.75, 3.05) is 26.2 Å². The zero-order valence-corrected chi connectivity index (χ0v) is 10.1. The van der Waals surface area contributed by atoms with Gasteiger partial charge >= 0.3 is 0 Å². The maximum atomic E-state index is 10.8. The summed E-state index contributed by atoms with van der Waals surface area (Å²) in [4.78, 5) is 13.3. The summed E-state index contributed by atoms with van der Waals surface area (Å²) >= 11 is 0. The molecule has 0 atom stereocenters. The van der Waals surface area contributed by atoms with Gasteiger partial charge in [-0.15, -0.1) is 0 Å². The topological polar surface area (TPSA) is 61.0 Å². The first-order chi connectivity index (χ1) is 8.34. The fourth-order valence-corrected chi connectivity index (χ4v) is 2.12. The number of likely N-dealkylation sites (tertiary alicyclic amines) is 1. The highest BCUT2D eigenvalue weighted by Crippen LogP contribution is 2.06. The number of nitrogens with zero attached hydrogens (tertiary/aromatic N) is 2. The molecule has 0 aliphatic carbocycles. The third-order valence-electron chi connectivity index (χ3n) is 3.07. The molecule has 0 aromatic carbocycles. The van der Waals surface area contributed by atoms with Crippen molar-refractivity contribution in [2.45, 2.75) is 25.8 Å². The first-order valence-electron chi connectivity index (χ1n) is 6.32. The van der Waals surface area contributed by atoms with Crippen molar-refractivity contribution in [3.63, 3.8) is 0 Å². The summed E-state index contributed by atoms with van der Waals surface area (Å²) in [5.41, 5.74) is 0.730. The van der Waals surface area contributed by atoms with Crippen LogP contribution in [0.2, 0.25) is 0 Å². The number of nitrogens with one attached hydrogen (secondary N) is 2. The average Bonchev–Trinajstić information content (AvgIpc) is 2.84. The Morgan fingerprint density at radius 1 is 1.35 bits per heavy atom. The number of hydrogen-bond acceptors (Lipinski definition) is 4. The molecule has 0 amide bonds. The van der Waals surface area contributed by atoms with Crippen LogP contribution in [0.4, 0.5) is 0 Å². The third kappa shape index (κ3) is 4.28. The van der Waals surface area contributed by atoms with Gasteiger partial charge in [-0.1, -0.05) is 0 Å². The quantitative estimate of drug-likeness (QED) is 0.700. The van der Waals surface area contributed by atoms with Gasteiger partial charge in [-0.05, 0) is 51.5 Å². The average molecular weight is 236 g/mol. The first kappa shape index (κ1) is 12.3. The van der Waals surface area contributed by atoms with Gasteiger partial charge in [-0.2, -0.15) is 5.10 Å². The van der Waals surface area contributed by atoms with E-state index in [9.17, 15) is 4.79 Å². The van der Waals surface area contributed by atoms with Crippen molar-refractivity contribution in [3.05, 3.63) is 28.2 Å². The van der Waals surface area contributed by atoms with E-state index in [-0.39, 0.29) is 5.56 Å². The van der Waals surface area contributed by atoms with Crippen LogP contribution in [0, 0.1) is 0 Å². The Hall–Kier alpha value is -1.20. The highest BCUT2D eigenvalue weighted by atomic mass is 16.1. The number of rotatable bonds is 6. The van der Waals surface area contributed by atoms with Crippen LogP contribution in [0.1, 0.15) is 25.0 Å². The standard InChI is InChI=1S/C12H20N4O/c17-12-5-4-11(14-15-12)10-13-6-3-9-16-7-1-2-8-16/h4-5,13H,1-3,6-10H2,(H,15,17). The normalized spacial score (nSPS) is 16.5. The van der Waals surface area contributed by atoms with E-state index >= 15 is 0 Å². The zero-order chi connectivity index (χ0) is 11.9. The van der Waals surface area contributed by atoms with E-state index in [1.807, 2.05) is 0 Å². The van der Waals surface area contributed by atoms with Gasteiger partial charge in [0, 0.05) is 12.6 Å². The van der Waals surface area contributed by atoms with Crippen molar-refractivity contribution in [2.24, 2.45) is 0 Å². The summed E-state index contributed by atoms with van der Waals surface area (Å²) < 4.78 is 0. The molecule has 5 heteroatoms. The van der Waals surface area contributed by atoms with E-state index in [1.165, 1.54) is 45.0 Å². The van der Waals surface area contributed by atoms with Crippen LogP contribution in [0.5, 0.6) is 0 Å². The van der Waals surface area contributed by atoms with Gasteiger partial charge in [0.15, 0.2) is 0 Å². The fraction of sp³-hybridized carbons (Fsp3) is 0.667. The van der Waals surface area contributed by atoms with Crippen LogP contribution >= 0.6 is 0 Å². The van der Waals surface area contributed by atoms with Crippen molar-refractivity contribution < 1.29 is 0 Å². The van der Waals surface area contributed by atoms with Crippen molar-refractivity contribution in [1.82, 2.24) is 20.4 Å². The summed E-state index contributed by atoms with van der Waals surface area (Å²) in [7, 11) is 0. The van der Waals surface area contributed by atoms with Crippen LogP contribution in [-0.4, -0.2) is 41.3 Å². The summed E-state index contributed by atoms with van der Waals surface area (Å²) in [5, 5.41) is 9.71. The highest BCUT2D eigenvalue weighted by molar-refractivity contribution is 4.98. The molecule has 0 unspecified atom stereocenters. The molecule has 1 saturated heterocycles. The van der Waals surface area contributed by atoms with E-state index in [0.717, 1.165) is 18.8 Å². The molecule has 17 heavy (non-hydrogen) atoms. The largest absolute Gasteiger partial charge is 0.311 e. The molecule has 5 nitrogen and oxygen atoms in total. The Morgan fingerprint density at radius 2 is 2.18 bits per heavy atom. The van der Waals surface area contributed by atoms with Crippen molar-refractivity contribution in [3.8, 4) is 0 Å². The lowest BCUT2D eigenvalue weighted by molar-refractivity contribution is 0.331. The second-order valence-corrected chi connectivity index (χ2v) is 4.49. The monoisotopic (exact) mass is 236 g/mol.